The number of carbonyl (C=O) groups is 2. The predicted molar refractivity (Wildman–Crippen MR) is 113 cm³/mol. The second-order valence-electron chi connectivity index (χ2n) is 8.42. The summed E-state index contributed by atoms with van der Waals surface area (Å²) in [6, 6.07) is 7.73. The van der Waals surface area contributed by atoms with Crippen LogP contribution in [0.25, 0.3) is 5.57 Å². The molecule has 5 heteroatoms. The molecule has 1 aliphatic carbocycles. The number of carbonyl (C=O) groups excluding carboxylic acids is 2. The number of benzene rings is 1. The van der Waals surface area contributed by atoms with E-state index in [-0.39, 0.29) is 17.9 Å². The Morgan fingerprint density at radius 1 is 0.897 bits per heavy atom. The van der Waals surface area contributed by atoms with Gasteiger partial charge in [0.25, 0.3) is 11.8 Å². The molecular formula is C24H32N2O3. The molecule has 1 aromatic carbocycles. The van der Waals surface area contributed by atoms with E-state index in [0.717, 1.165) is 69.3 Å². The minimum atomic E-state index is -0.107. The molecule has 0 atom stereocenters. The second kappa shape index (κ2) is 9.02. The standard InChI is InChI=1S/C24H32N2O3/c1-2-17-29-20-13-11-18(12-14-20)21-22(25-15-7-4-8-16-25)24(28)26(23(21)27)19-9-5-3-6-10-19/h11-14,19H,2-10,15-17H2,1H3. The quantitative estimate of drug-likeness (QED) is 0.670. The fraction of sp³-hybridized carbons (Fsp3) is 0.583. The first-order chi connectivity index (χ1) is 14.2. The minimum absolute atomic E-state index is 0.0493. The molecule has 0 radical (unpaired) electrons. The van der Waals surface area contributed by atoms with Crippen LogP contribution in [0.1, 0.15) is 70.3 Å². The van der Waals surface area contributed by atoms with E-state index in [2.05, 4.69) is 11.8 Å². The summed E-state index contributed by atoms with van der Waals surface area (Å²) in [6.45, 7) is 4.46. The average molecular weight is 397 g/mol. The van der Waals surface area contributed by atoms with Gasteiger partial charge in [-0.05, 0) is 56.2 Å². The van der Waals surface area contributed by atoms with Crippen LogP contribution in [0.2, 0.25) is 0 Å². The van der Waals surface area contributed by atoms with Gasteiger partial charge in [-0.25, -0.2) is 0 Å². The fourth-order valence-electron chi connectivity index (χ4n) is 4.81. The third-order valence-electron chi connectivity index (χ3n) is 6.32. The smallest absolute Gasteiger partial charge is 0.278 e. The molecule has 0 spiro atoms. The maximum atomic E-state index is 13.5. The van der Waals surface area contributed by atoms with Crippen LogP contribution in [0.4, 0.5) is 0 Å². The Morgan fingerprint density at radius 2 is 1.55 bits per heavy atom. The van der Waals surface area contributed by atoms with E-state index in [0.29, 0.717) is 17.9 Å². The summed E-state index contributed by atoms with van der Waals surface area (Å²) in [5.41, 5.74) is 2.04. The second-order valence-corrected chi connectivity index (χ2v) is 8.42. The third kappa shape index (κ3) is 4.05. The van der Waals surface area contributed by atoms with Crippen molar-refractivity contribution in [2.75, 3.05) is 19.7 Å². The Bertz CT molecular complexity index is 772. The van der Waals surface area contributed by atoms with E-state index in [1.165, 1.54) is 12.8 Å². The summed E-state index contributed by atoms with van der Waals surface area (Å²) >= 11 is 0. The van der Waals surface area contributed by atoms with Gasteiger partial charge in [-0.15, -0.1) is 0 Å². The number of likely N-dealkylation sites (tertiary alicyclic amines) is 1. The Kier molecular flexibility index (Phi) is 6.22. The SMILES string of the molecule is CCCOc1ccc(C2=C(N3CCCCC3)C(=O)N(C3CCCCC3)C2=O)cc1. The number of ether oxygens (including phenoxy) is 1. The van der Waals surface area contributed by atoms with Crippen molar-refractivity contribution < 1.29 is 14.3 Å². The average Bonchev–Trinajstić information content (AvgIpc) is 3.04. The van der Waals surface area contributed by atoms with Crippen LogP contribution in [0.15, 0.2) is 30.0 Å². The maximum Gasteiger partial charge on any atom is 0.278 e. The van der Waals surface area contributed by atoms with Crippen LogP contribution in [0.5, 0.6) is 5.75 Å². The molecule has 5 nitrogen and oxygen atoms in total. The molecule has 3 aliphatic rings. The lowest BCUT2D eigenvalue weighted by molar-refractivity contribution is -0.141. The van der Waals surface area contributed by atoms with Gasteiger partial charge in [0.05, 0.1) is 12.2 Å². The van der Waals surface area contributed by atoms with E-state index in [1.807, 2.05) is 24.3 Å². The molecule has 1 saturated heterocycles. The molecule has 2 fully saturated rings. The van der Waals surface area contributed by atoms with Gasteiger partial charge in [0.1, 0.15) is 11.4 Å². The highest BCUT2D eigenvalue weighted by Gasteiger charge is 2.44. The van der Waals surface area contributed by atoms with Crippen molar-refractivity contribution in [1.82, 2.24) is 9.80 Å². The van der Waals surface area contributed by atoms with Crippen molar-refractivity contribution in [3.8, 4) is 5.75 Å². The van der Waals surface area contributed by atoms with Crippen molar-refractivity contribution in [1.29, 1.82) is 0 Å². The molecule has 4 rings (SSSR count). The Morgan fingerprint density at radius 3 is 2.21 bits per heavy atom. The first-order valence-electron chi connectivity index (χ1n) is 11.3. The Labute approximate surface area is 173 Å². The number of amides is 2. The number of hydrogen-bond donors (Lipinski definition) is 0. The lowest BCUT2D eigenvalue weighted by Gasteiger charge is -2.32. The number of rotatable bonds is 6. The predicted octanol–water partition coefficient (Wildman–Crippen LogP) is 4.37. The van der Waals surface area contributed by atoms with E-state index in [1.54, 1.807) is 4.90 Å². The molecule has 29 heavy (non-hydrogen) atoms. The van der Waals surface area contributed by atoms with Crippen molar-refractivity contribution in [2.24, 2.45) is 0 Å². The molecule has 1 saturated carbocycles. The number of imide groups is 1. The van der Waals surface area contributed by atoms with E-state index < -0.39 is 0 Å². The summed E-state index contributed by atoms with van der Waals surface area (Å²) in [5.74, 6) is 0.617. The van der Waals surface area contributed by atoms with Gasteiger partial charge in [0.2, 0.25) is 0 Å². The molecule has 0 bridgehead atoms. The molecule has 1 aromatic rings. The Balaban J connectivity index is 1.68. The number of hydrogen-bond acceptors (Lipinski definition) is 4. The van der Waals surface area contributed by atoms with Gasteiger partial charge in [-0.2, -0.15) is 0 Å². The molecule has 2 aliphatic heterocycles. The molecular weight excluding hydrogens is 364 g/mol. The van der Waals surface area contributed by atoms with Crippen LogP contribution in [0, 0.1) is 0 Å². The zero-order valence-electron chi connectivity index (χ0n) is 17.5. The van der Waals surface area contributed by atoms with Crippen molar-refractivity contribution >= 4 is 17.4 Å². The van der Waals surface area contributed by atoms with Gasteiger partial charge in [0, 0.05) is 19.1 Å². The minimum Gasteiger partial charge on any atom is -0.494 e. The van der Waals surface area contributed by atoms with E-state index in [9.17, 15) is 9.59 Å². The summed E-state index contributed by atoms with van der Waals surface area (Å²) in [6.07, 6.45) is 9.55. The maximum absolute atomic E-state index is 13.5. The zero-order chi connectivity index (χ0) is 20.2. The van der Waals surface area contributed by atoms with Crippen molar-refractivity contribution in [3.63, 3.8) is 0 Å². The molecule has 2 heterocycles. The summed E-state index contributed by atoms with van der Waals surface area (Å²) in [7, 11) is 0. The highest BCUT2D eigenvalue weighted by Crippen LogP contribution is 2.37. The van der Waals surface area contributed by atoms with Gasteiger partial charge in [-0.3, -0.25) is 14.5 Å². The first kappa shape index (κ1) is 20.0. The Hall–Kier alpha value is -2.30. The van der Waals surface area contributed by atoms with Crippen molar-refractivity contribution in [3.05, 3.63) is 35.5 Å². The van der Waals surface area contributed by atoms with Crippen LogP contribution in [-0.4, -0.2) is 47.4 Å². The normalized spacial score (nSPS) is 21.3. The number of piperidine rings is 1. The topological polar surface area (TPSA) is 49.9 Å². The van der Waals surface area contributed by atoms with Crippen LogP contribution >= 0.6 is 0 Å². The lowest BCUT2D eigenvalue weighted by atomic mass is 9.94. The molecule has 2 amide bonds. The van der Waals surface area contributed by atoms with Gasteiger partial charge in [-0.1, -0.05) is 38.3 Å². The summed E-state index contributed by atoms with van der Waals surface area (Å²) in [4.78, 5) is 30.7. The monoisotopic (exact) mass is 396 g/mol. The van der Waals surface area contributed by atoms with Crippen molar-refractivity contribution in [2.45, 2.75) is 70.8 Å². The highest BCUT2D eigenvalue weighted by molar-refractivity contribution is 6.35. The molecule has 156 valence electrons. The first-order valence-corrected chi connectivity index (χ1v) is 11.3. The lowest BCUT2D eigenvalue weighted by Crippen LogP contribution is -2.44. The zero-order valence-corrected chi connectivity index (χ0v) is 17.5. The fourth-order valence-corrected chi connectivity index (χ4v) is 4.81. The van der Waals surface area contributed by atoms with E-state index in [4.69, 9.17) is 4.74 Å². The molecule has 0 aromatic heterocycles. The number of nitrogens with zero attached hydrogens (tertiary/aromatic N) is 2. The van der Waals surface area contributed by atoms with Crippen LogP contribution in [-0.2, 0) is 9.59 Å². The van der Waals surface area contributed by atoms with Crippen LogP contribution < -0.4 is 4.74 Å². The third-order valence-corrected chi connectivity index (χ3v) is 6.32. The summed E-state index contributed by atoms with van der Waals surface area (Å²) < 4.78 is 5.69. The van der Waals surface area contributed by atoms with E-state index >= 15 is 0 Å². The highest BCUT2D eigenvalue weighted by atomic mass is 16.5. The van der Waals surface area contributed by atoms with Gasteiger partial charge in [0.15, 0.2) is 0 Å². The van der Waals surface area contributed by atoms with Crippen LogP contribution in [0.3, 0.4) is 0 Å². The summed E-state index contributed by atoms with van der Waals surface area (Å²) in [5, 5.41) is 0. The largest absolute Gasteiger partial charge is 0.494 e. The van der Waals surface area contributed by atoms with Gasteiger partial charge >= 0.3 is 0 Å². The van der Waals surface area contributed by atoms with Gasteiger partial charge < -0.3 is 9.64 Å². The molecule has 0 N–H and O–H groups in total. The molecule has 0 unspecified atom stereocenters.